The summed E-state index contributed by atoms with van der Waals surface area (Å²) < 4.78 is 25.5. The number of hydrogen-bond donors (Lipinski definition) is 2. The molecule has 1 unspecified atom stereocenters. The van der Waals surface area contributed by atoms with Crippen LogP contribution >= 0.6 is 12.4 Å². The maximum Gasteiger partial charge on any atom is 0.272 e. The van der Waals surface area contributed by atoms with E-state index in [1.807, 2.05) is 18.2 Å². The minimum absolute atomic E-state index is 0. The number of imidazole rings is 1. The molecule has 28 heavy (non-hydrogen) atoms. The highest BCUT2D eigenvalue weighted by Gasteiger charge is 2.26. The molecule has 1 atom stereocenters. The zero-order valence-corrected chi connectivity index (χ0v) is 16.9. The number of nitrogens with zero attached hydrogens (tertiary/aromatic N) is 2. The Balaban J connectivity index is 0.00000225. The molecule has 3 aromatic rings. The van der Waals surface area contributed by atoms with E-state index in [2.05, 4.69) is 10.3 Å². The number of halogens is 1. The highest BCUT2D eigenvalue weighted by Crippen LogP contribution is 2.31. The first-order chi connectivity index (χ1) is 12.8. The van der Waals surface area contributed by atoms with Gasteiger partial charge in [-0.15, -0.1) is 12.4 Å². The largest absolute Gasteiger partial charge is 0.399 e. The van der Waals surface area contributed by atoms with Crippen molar-refractivity contribution in [2.24, 2.45) is 0 Å². The molecular formula is C19H21ClN4O3S. The molecule has 2 aromatic heterocycles. The number of nitrogens with two attached hydrogens (primary N) is 1. The van der Waals surface area contributed by atoms with Gasteiger partial charge in [-0.2, -0.15) is 0 Å². The first-order valence-electron chi connectivity index (χ1n) is 8.71. The fraction of sp³-hybridized carbons (Fsp3) is 0.263. The minimum atomic E-state index is -3.57. The van der Waals surface area contributed by atoms with Crippen molar-refractivity contribution in [3.8, 4) is 0 Å². The van der Waals surface area contributed by atoms with Crippen LogP contribution in [0.25, 0.3) is 5.52 Å². The number of fused-ring (bicyclic) bond motifs is 2. The van der Waals surface area contributed by atoms with E-state index in [1.165, 1.54) is 4.40 Å². The summed E-state index contributed by atoms with van der Waals surface area (Å²) in [7, 11) is -3.57. The van der Waals surface area contributed by atoms with Crippen LogP contribution in [0.3, 0.4) is 0 Å². The molecule has 1 amide bonds. The van der Waals surface area contributed by atoms with E-state index in [1.54, 1.807) is 24.4 Å². The molecule has 0 saturated heterocycles. The average molecular weight is 421 g/mol. The third-order valence-electron chi connectivity index (χ3n) is 4.85. The summed E-state index contributed by atoms with van der Waals surface area (Å²) in [6.45, 7) is 0. The maximum absolute atomic E-state index is 12.9. The molecule has 0 aliphatic heterocycles. The minimum Gasteiger partial charge on any atom is -0.399 e. The molecule has 0 spiro atoms. The average Bonchev–Trinajstić information content (AvgIpc) is 3.02. The van der Waals surface area contributed by atoms with Gasteiger partial charge in [0.25, 0.3) is 5.91 Å². The number of sulfone groups is 1. The fourth-order valence-electron chi connectivity index (χ4n) is 3.65. The van der Waals surface area contributed by atoms with Crippen LogP contribution in [-0.2, 0) is 16.3 Å². The number of benzene rings is 1. The number of rotatable bonds is 3. The molecule has 148 valence electrons. The van der Waals surface area contributed by atoms with E-state index >= 15 is 0 Å². The van der Waals surface area contributed by atoms with Crippen molar-refractivity contribution in [3.05, 3.63) is 59.4 Å². The molecule has 7 nitrogen and oxygen atoms in total. The van der Waals surface area contributed by atoms with Crippen LogP contribution in [0.15, 0.2) is 47.8 Å². The predicted molar refractivity (Wildman–Crippen MR) is 110 cm³/mol. The Bertz CT molecular complexity index is 1160. The number of nitrogen functional groups attached to an aromatic ring is 1. The summed E-state index contributed by atoms with van der Waals surface area (Å²) in [4.78, 5) is 17.1. The van der Waals surface area contributed by atoms with Crippen LogP contribution < -0.4 is 11.1 Å². The quantitative estimate of drug-likeness (QED) is 0.633. The van der Waals surface area contributed by atoms with E-state index in [0.29, 0.717) is 11.2 Å². The summed E-state index contributed by atoms with van der Waals surface area (Å²) in [6, 6.07) is 10.7. The number of carbonyl (C=O) groups is 1. The SMILES string of the molecule is CS(=O)(=O)c1nc(C(=O)NC2CCCc3cc(N)ccc32)c2ccccn12.Cl. The second-order valence-electron chi connectivity index (χ2n) is 6.85. The third-order valence-corrected chi connectivity index (χ3v) is 5.80. The molecule has 9 heteroatoms. The number of nitrogens with one attached hydrogen (secondary N) is 1. The summed E-state index contributed by atoms with van der Waals surface area (Å²) in [6.07, 6.45) is 5.36. The van der Waals surface area contributed by atoms with E-state index in [-0.39, 0.29) is 35.2 Å². The number of carbonyl (C=O) groups excluding carboxylic acids is 1. The molecule has 4 rings (SSSR count). The summed E-state index contributed by atoms with van der Waals surface area (Å²) in [5.41, 5.74) is 9.34. The molecule has 0 bridgehead atoms. The van der Waals surface area contributed by atoms with Gasteiger partial charge in [-0.25, -0.2) is 13.4 Å². The van der Waals surface area contributed by atoms with E-state index < -0.39 is 9.84 Å². The highest BCUT2D eigenvalue weighted by atomic mass is 35.5. The number of hydrogen-bond acceptors (Lipinski definition) is 5. The van der Waals surface area contributed by atoms with E-state index in [0.717, 1.165) is 36.6 Å². The molecule has 1 aliphatic rings. The summed E-state index contributed by atoms with van der Waals surface area (Å²) in [5, 5.41) is 2.88. The molecule has 0 saturated carbocycles. The fourth-order valence-corrected chi connectivity index (χ4v) is 4.42. The van der Waals surface area contributed by atoms with Crippen LogP contribution in [-0.4, -0.2) is 30.0 Å². The normalized spacial score (nSPS) is 16.2. The molecule has 0 radical (unpaired) electrons. The molecule has 3 N–H and O–H groups in total. The number of pyridine rings is 1. The van der Waals surface area contributed by atoms with Gasteiger partial charge in [0.05, 0.1) is 11.6 Å². The van der Waals surface area contributed by atoms with Gasteiger partial charge in [-0.1, -0.05) is 12.1 Å². The number of anilines is 1. The van der Waals surface area contributed by atoms with Gasteiger partial charge in [0.15, 0.2) is 5.69 Å². The highest BCUT2D eigenvalue weighted by molar-refractivity contribution is 7.90. The molecular weight excluding hydrogens is 400 g/mol. The summed E-state index contributed by atoms with van der Waals surface area (Å²) in [5.74, 6) is -0.386. The Kier molecular flexibility index (Phi) is 5.36. The smallest absolute Gasteiger partial charge is 0.272 e. The second kappa shape index (κ2) is 7.44. The zero-order chi connectivity index (χ0) is 19.2. The Morgan fingerprint density at radius 2 is 2.07 bits per heavy atom. The lowest BCUT2D eigenvalue weighted by molar-refractivity contribution is 0.0929. The topological polar surface area (TPSA) is 107 Å². The van der Waals surface area contributed by atoms with Gasteiger partial charge < -0.3 is 11.1 Å². The Morgan fingerprint density at radius 3 is 2.82 bits per heavy atom. The van der Waals surface area contributed by atoms with Gasteiger partial charge in [-0.3, -0.25) is 9.20 Å². The van der Waals surface area contributed by atoms with Crippen molar-refractivity contribution in [2.45, 2.75) is 30.5 Å². The van der Waals surface area contributed by atoms with E-state index in [9.17, 15) is 13.2 Å². The van der Waals surface area contributed by atoms with E-state index in [4.69, 9.17) is 5.73 Å². The number of aryl methyl sites for hydroxylation is 1. The van der Waals surface area contributed by atoms with Gasteiger partial charge in [0, 0.05) is 18.1 Å². The lowest BCUT2D eigenvalue weighted by Crippen LogP contribution is -2.31. The van der Waals surface area contributed by atoms with Crippen LogP contribution in [0.2, 0.25) is 0 Å². The van der Waals surface area contributed by atoms with Crippen molar-refractivity contribution in [3.63, 3.8) is 0 Å². The Labute approximate surface area is 169 Å². The van der Waals surface area contributed by atoms with Crippen molar-refractivity contribution < 1.29 is 13.2 Å². The van der Waals surface area contributed by atoms with Crippen LogP contribution in [0.1, 0.15) is 40.5 Å². The molecule has 1 aliphatic carbocycles. The molecule has 0 fully saturated rings. The monoisotopic (exact) mass is 420 g/mol. The standard InChI is InChI=1S/C19H20N4O3S.ClH/c1-27(25,26)19-22-17(16-7-2-3-10-23(16)19)18(24)21-15-6-4-5-12-11-13(20)8-9-14(12)15;/h2-3,7-11,15H,4-6,20H2,1H3,(H,21,24);1H. The van der Waals surface area contributed by atoms with Crippen LogP contribution in [0, 0.1) is 0 Å². The van der Waals surface area contributed by atoms with Gasteiger partial charge in [0.1, 0.15) is 0 Å². The predicted octanol–water partition coefficient (Wildman–Crippen LogP) is 2.55. The van der Waals surface area contributed by atoms with Crippen molar-refractivity contribution in [1.29, 1.82) is 0 Å². The number of amides is 1. The second-order valence-corrected chi connectivity index (χ2v) is 8.76. The van der Waals surface area contributed by atoms with Crippen molar-refractivity contribution in [1.82, 2.24) is 14.7 Å². The Hall–Kier alpha value is -2.58. The zero-order valence-electron chi connectivity index (χ0n) is 15.3. The third kappa shape index (κ3) is 3.57. The van der Waals surface area contributed by atoms with Gasteiger partial charge in [-0.05, 0) is 54.7 Å². The van der Waals surface area contributed by atoms with Crippen LogP contribution in [0.4, 0.5) is 5.69 Å². The number of aromatic nitrogens is 2. The van der Waals surface area contributed by atoms with Crippen molar-refractivity contribution >= 4 is 39.4 Å². The summed E-state index contributed by atoms with van der Waals surface area (Å²) >= 11 is 0. The van der Waals surface area contributed by atoms with Crippen molar-refractivity contribution in [2.75, 3.05) is 12.0 Å². The first-order valence-corrected chi connectivity index (χ1v) is 10.6. The lowest BCUT2D eigenvalue weighted by atomic mass is 9.87. The first kappa shape index (κ1) is 20.2. The lowest BCUT2D eigenvalue weighted by Gasteiger charge is -2.26. The molecule has 1 aromatic carbocycles. The van der Waals surface area contributed by atoms with Crippen LogP contribution in [0.5, 0.6) is 0 Å². The molecule has 2 heterocycles. The maximum atomic E-state index is 12.9. The van der Waals surface area contributed by atoms with Gasteiger partial charge >= 0.3 is 0 Å². The van der Waals surface area contributed by atoms with Gasteiger partial charge in [0.2, 0.25) is 15.0 Å². The Morgan fingerprint density at radius 1 is 1.29 bits per heavy atom.